The van der Waals surface area contributed by atoms with Crippen molar-refractivity contribution in [3.63, 3.8) is 0 Å². The minimum absolute atomic E-state index is 0.0000832. The summed E-state index contributed by atoms with van der Waals surface area (Å²) in [5, 5.41) is 0.0951. The van der Waals surface area contributed by atoms with Crippen LogP contribution in [0.1, 0.15) is 52.9 Å². The number of hydrogen-bond acceptors (Lipinski definition) is 9. The molecule has 41 heavy (non-hydrogen) atoms. The number of alkyl halides is 1. The zero-order chi connectivity index (χ0) is 29.2. The predicted molar refractivity (Wildman–Crippen MR) is 149 cm³/mol. The lowest BCUT2D eigenvalue weighted by Crippen LogP contribution is -2.66. The van der Waals surface area contributed by atoms with E-state index >= 15 is 4.39 Å². The van der Waals surface area contributed by atoms with Gasteiger partial charge < -0.3 is 19.1 Å². The molecule has 4 atom stereocenters. The number of aromatic nitrogens is 3. The van der Waals surface area contributed by atoms with E-state index in [9.17, 15) is 9.18 Å². The standard InChI is InChI=1S/C28H37ClF2N6O4/c1-26(2,3)41-25(38)37-18-6-8-28(37,15-39-4)14-35(13-18)23-19-11-32-22(29)20(31)21(19)33-24(34-23)40-16-27-7-5-9-36(27)12-17(30)10-27/h11,17-18H,5-10,12-16H2,1-4H3/t17-,18+,27+,28-/m1/s1. The van der Waals surface area contributed by atoms with Gasteiger partial charge in [-0.3, -0.25) is 9.80 Å². The van der Waals surface area contributed by atoms with Crippen LogP contribution in [0.5, 0.6) is 6.01 Å². The third-order valence-corrected chi connectivity index (χ3v) is 9.13. The van der Waals surface area contributed by atoms with Gasteiger partial charge in [0.05, 0.1) is 29.1 Å². The molecule has 1 amide bonds. The largest absolute Gasteiger partial charge is 0.461 e. The van der Waals surface area contributed by atoms with E-state index in [-0.39, 0.29) is 35.4 Å². The summed E-state index contributed by atoms with van der Waals surface area (Å²) in [6.45, 7) is 8.09. The van der Waals surface area contributed by atoms with Gasteiger partial charge in [-0.15, -0.1) is 0 Å². The van der Waals surface area contributed by atoms with Gasteiger partial charge in [-0.2, -0.15) is 9.97 Å². The Balaban J connectivity index is 1.35. The highest BCUT2D eigenvalue weighted by molar-refractivity contribution is 6.30. The van der Waals surface area contributed by atoms with Crippen LogP contribution in [-0.4, -0.2) is 106 Å². The fraction of sp³-hybridized carbons (Fsp3) is 0.714. The molecule has 4 fully saturated rings. The molecule has 0 aromatic carbocycles. The van der Waals surface area contributed by atoms with Crippen molar-refractivity contribution in [3.05, 3.63) is 17.2 Å². The number of ether oxygens (including phenoxy) is 3. The average Bonchev–Trinajstić information content (AvgIpc) is 3.50. The van der Waals surface area contributed by atoms with Gasteiger partial charge in [-0.05, 0) is 53.0 Å². The lowest BCUT2D eigenvalue weighted by atomic mass is 9.95. The van der Waals surface area contributed by atoms with E-state index < -0.39 is 28.7 Å². The molecule has 0 unspecified atom stereocenters. The van der Waals surface area contributed by atoms with Gasteiger partial charge in [0.2, 0.25) is 0 Å². The summed E-state index contributed by atoms with van der Waals surface area (Å²) in [6.07, 6.45) is 3.85. The maximum absolute atomic E-state index is 15.3. The van der Waals surface area contributed by atoms with Crippen molar-refractivity contribution in [2.45, 2.75) is 81.8 Å². The van der Waals surface area contributed by atoms with Gasteiger partial charge in [0.15, 0.2) is 11.0 Å². The number of rotatable bonds is 6. The summed E-state index contributed by atoms with van der Waals surface area (Å²) >= 11 is 6.05. The van der Waals surface area contributed by atoms with Crippen LogP contribution in [0.3, 0.4) is 0 Å². The van der Waals surface area contributed by atoms with E-state index in [1.807, 2.05) is 30.6 Å². The maximum atomic E-state index is 15.3. The second-order valence-corrected chi connectivity index (χ2v) is 13.3. The molecular weight excluding hydrogens is 558 g/mol. The first-order valence-electron chi connectivity index (χ1n) is 14.2. The van der Waals surface area contributed by atoms with E-state index in [4.69, 9.17) is 30.8 Å². The van der Waals surface area contributed by atoms with E-state index in [1.165, 1.54) is 6.20 Å². The fourth-order valence-electron chi connectivity index (χ4n) is 7.30. The van der Waals surface area contributed by atoms with Crippen molar-refractivity contribution in [3.8, 4) is 6.01 Å². The van der Waals surface area contributed by atoms with E-state index in [1.54, 1.807) is 7.11 Å². The smallest absolute Gasteiger partial charge is 0.411 e. The molecule has 4 aliphatic heterocycles. The molecule has 4 saturated heterocycles. The number of carbonyl (C=O) groups excluding carboxylic acids is 1. The Morgan fingerprint density at radius 1 is 1.20 bits per heavy atom. The van der Waals surface area contributed by atoms with E-state index in [0.717, 1.165) is 32.2 Å². The zero-order valence-electron chi connectivity index (χ0n) is 24.0. The zero-order valence-corrected chi connectivity index (χ0v) is 24.7. The minimum Gasteiger partial charge on any atom is -0.461 e. The van der Waals surface area contributed by atoms with Gasteiger partial charge in [0.1, 0.15) is 29.7 Å². The van der Waals surface area contributed by atoms with Gasteiger partial charge >= 0.3 is 12.1 Å². The number of pyridine rings is 1. The number of hydrogen-bond donors (Lipinski definition) is 0. The van der Waals surface area contributed by atoms with Gasteiger partial charge in [-0.1, -0.05) is 11.6 Å². The van der Waals surface area contributed by atoms with Crippen molar-refractivity contribution >= 4 is 34.4 Å². The summed E-state index contributed by atoms with van der Waals surface area (Å²) in [5.74, 6) is -0.315. The third kappa shape index (κ3) is 5.05. The predicted octanol–water partition coefficient (Wildman–Crippen LogP) is 4.38. The monoisotopic (exact) mass is 594 g/mol. The fourth-order valence-corrected chi connectivity index (χ4v) is 7.44. The van der Waals surface area contributed by atoms with Crippen LogP contribution in [0.2, 0.25) is 5.15 Å². The van der Waals surface area contributed by atoms with Gasteiger partial charge in [0, 0.05) is 39.4 Å². The Kier molecular flexibility index (Phi) is 7.17. The minimum atomic E-state index is -0.900. The number of anilines is 1. The van der Waals surface area contributed by atoms with Crippen molar-refractivity contribution in [1.82, 2.24) is 24.8 Å². The molecule has 0 spiro atoms. The molecule has 0 N–H and O–H groups in total. The van der Waals surface area contributed by atoms with E-state index in [2.05, 4.69) is 14.9 Å². The Morgan fingerprint density at radius 2 is 2.00 bits per heavy atom. The van der Waals surface area contributed by atoms with Crippen molar-refractivity contribution in [2.75, 3.05) is 51.4 Å². The van der Waals surface area contributed by atoms with Crippen LogP contribution in [0, 0.1) is 5.82 Å². The summed E-state index contributed by atoms with van der Waals surface area (Å²) < 4.78 is 47.2. The quantitative estimate of drug-likeness (QED) is 0.452. The van der Waals surface area contributed by atoms with Crippen molar-refractivity contribution in [2.24, 2.45) is 0 Å². The lowest BCUT2D eigenvalue weighted by Gasteiger charge is -2.49. The second-order valence-electron chi connectivity index (χ2n) is 12.9. The number of nitrogens with zero attached hydrogens (tertiary/aromatic N) is 6. The molecule has 0 saturated carbocycles. The second kappa shape index (κ2) is 10.3. The van der Waals surface area contributed by atoms with Crippen LogP contribution in [0.4, 0.5) is 19.4 Å². The Hall–Kier alpha value is -2.57. The first kappa shape index (κ1) is 28.5. The number of fused-ring (bicyclic) bond motifs is 4. The first-order valence-corrected chi connectivity index (χ1v) is 14.6. The first-order chi connectivity index (χ1) is 19.4. The van der Waals surface area contributed by atoms with Crippen LogP contribution in [0.15, 0.2) is 6.20 Å². The molecule has 224 valence electrons. The molecule has 2 aromatic heterocycles. The van der Waals surface area contributed by atoms with Crippen LogP contribution >= 0.6 is 11.6 Å². The topological polar surface area (TPSA) is 93.2 Å². The normalized spacial score (nSPS) is 29.8. The number of halogens is 3. The number of methoxy groups -OCH3 is 1. The molecule has 6 rings (SSSR count). The Labute approximate surface area is 243 Å². The summed E-state index contributed by atoms with van der Waals surface area (Å²) in [5.41, 5.74) is -1.72. The highest BCUT2D eigenvalue weighted by Crippen LogP contribution is 2.44. The number of carbonyl (C=O) groups is 1. The van der Waals surface area contributed by atoms with Crippen LogP contribution < -0.4 is 9.64 Å². The lowest BCUT2D eigenvalue weighted by molar-refractivity contribution is -0.0261. The van der Waals surface area contributed by atoms with Crippen LogP contribution in [0.25, 0.3) is 10.9 Å². The molecule has 13 heteroatoms. The molecule has 4 aliphatic rings. The van der Waals surface area contributed by atoms with Crippen molar-refractivity contribution in [1.29, 1.82) is 0 Å². The molecule has 0 radical (unpaired) electrons. The van der Waals surface area contributed by atoms with E-state index in [0.29, 0.717) is 43.9 Å². The average molecular weight is 595 g/mol. The molecule has 6 heterocycles. The summed E-state index contributed by atoms with van der Waals surface area (Å²) in [4.78, 5) is 32.5. The molecule has 0 aliphatic carbocycles. The molecule has 2 bridgehead atoms. The highest BCUT2D eigenvalue weighted by atomic mass is 35.5. The SMILES string of the molecule is COC[C@@]12CC[C@@H](CN(c3nc(OC[C@@]45CCCN4C[C@H](F)C5)nc4c(F)c(Cl)ncc34)C1)N2C(=O)OC(C)(C)C. The maximum Gasteiger partial charge on any atom is 0.411 e. The molecule has 2 aromatic rings. The van der Waals surface area contributed by atoms with Gasteiger partial charge in [0.25, 0.3) is 0 Å². The number of amides is 1. The Morgan fingerprint density at radius 3 is 2.76 bits per heavy atom. The van der Waals surface area contributed by atoms with Crippen molar-refractivity contribution < 1.29 is 27.8 Å². The Bertz CT molecular complexity index is 1340. The van der Waals surface area contributed by atoms with Gasteiger partial charge in [-0.25, -0.2) is 18.6 Å². The third-order valence-electron chi connectivity index (χ3n) is 8.87. The summed E-state index contributed by atoms with van der Waals surface area (Å²) in [6, 6.07) is -0.168. The summed E-state index contributed by atoms with van der Waals surface area (Å²) in [7, 11) is 1.61. The number of piperazine rings is 1. The van der Waals surface area contributed by atoms with Crippen LogP contribution in [-0.2, 0) is 9.47 Å². The molecular formula is C28H37ClF2N6O4. The molecule has 10 nitrogen and oxygen atoms in total. The highest BCUT2D eigenvalue weighted by Gasteiger charge is 2.55.